The number of rotatable bonds is 2. The number of hydrogen-bond donors (Lipinski definition) is 3. The first kappa shape index (κ1) is 14.7. The first-order valence-corrected chi connectivity index (χ1v) is 8.40. The van der Waals surface area contributed by atoms with Gasteiger partial charge >= 0.3 is 5.69 Å². The van der Waals surface area contributed by atoms with E-state index in [1.165, 1.54) is 32.1 Å². The first-order valence-electron chi connectivity index (χ1n) is 7.61. The topological polar surface area (TPSA) is 60.7 Å². The summed E-state index contributed by atoms with van der Waals surface area (Å²) in [6, 6.07) is 4.47. The van der Waals surface area contributed by atoms with Gasteiger partial charge in [-0.25, -0.2) is 4.79 Å². The zero-order valence-electron chi connectivity index (χ0n) is 12.6. The molecule has 1 aromatic heterocycles. The van der Waals surface area contributed by atoms with E-state index in [4.69, 9.17) is 0 Å². The van der Waals surface area contributed by atoms with E-state index in [2.05, 4.69) is 45.1 Å². The summed E-state index contributed by atoms with van der Waals surface area (Å²) in [7, 11) is 0. The Morgan fingerprint density at radius 2 is 1.90 bits per heavy atom. The van der Waals surface area contributed by atoms with Crippen molar-refractivity contribution in [2.45, 2.75) is 52.0 Å². The average Bonchev–Trinajstić information content (AvgIpc) is 2.65. The Kier molecular flexibility index (Phi) is 3.86. The number of aromatic nitrogens is 2. The lowest BCUT2D eigenvalue weighted by Gasteiger charge is -2.22. The van der Waals surface area contributed by atoms with Crippen molar-refractivity contribution in [3.05, 3.63) is 27.1 Å². The molecule has 0 aliphatic heterocycles. The van der Waals surface area contributed by atoms with Gasteiger partial charge < -0.3 is 15.3 Å². The van der Waals surface area contributed by atoms with Crippen LogP contribution in [0.25, 0.3) is 11.0 Å². The van der Waals surface area contributed by atoms with Crippen LogP contribution < -0.4 is 11.0 Å². The van der Waals surface area contributed by atoms with E-state index in [-0.39, 0.29) is 5.69 Å². The third kappa shape index (κ3) is 3.34. The van der Waals surface area contributed by atoms with Crippen molar-refractivity contribution in [2.75, 3.05) is 5.32 Å². The van der Waals surface area contributed by atoms with Gasteiger partial charge in [0.15, 0.2) is 0 Å². The molecule has 114 valence electrons. The number of imidazole rings is 1. The van der Waals surface area contributed by atoms with Crippen molar-refractivity contribution in [3.63, 3.8) is 0 Å². The minimum absolute atomic E-state index is 0.162. The van der Waals surface area contributed by atoms with Crippen molar-refractivity contribution < 1.29 is 0 Å². The van der Waals surface area contributed by atoms with Gasteiger partial charge in [-0.05, 0) is 59.2 Å². The van der Waals surface area contributed by atoms with Crippen molar-refractivity contribution in [3.8, 4) is 0 Å². The summed E-state index contributed by atoms with van der Waals surface area (Å²) < 4.78 is 0.994. The normalized spacial score (nSPS) is 22.1. The fourth-order valence-corrected chi connectivity index (χ4v) is 3.65. The van der Waals surface area contributed by atoms with Gasteiger partial charge in [-0.15, -0.1) is 0 Å². The van der Waals surface area contributed by atoms with Crippen LogP contribution in [0.1, 0.15) is 46.0 Å². The third-order valence-corrected chi connectivity index (χ3v) is 5.20. The number of H-pyrrole nitrogens is 2. The molecular formula is C16H22BrN3O. The number of benzene rings is 1. The maximum atomic E-state index is 11.4. The van der Waals surface area contributed by atoms with Crippen molar-refractivity contribution >= 4 is 32.7 Å². The largest absolute Gasteiger partial charge is 0.381 e. The second kappa shape index (κ2) is 5.52. The molecule has 0 radical (unpaired) electrons. The molecule has 1 heterocycles. The van der Waals surface area contributed by atoms with Gasteiger partial charge in [0, 0.05) is 10.5 Å². The monoisotopic (exact) mass is 351 g/mol. The van der Waals surface area contributed by atoms with Crippen molar-refractivity contribution in [2.24, 2.45) is 5.41 Å². The molecule has 0 spiro atoms. The summed E-state index contributed by atoms with van der Waals surface area (Å²) in [6.45, 7) is 4.73. The SMILES string of the molecule is CC1(C)CCCC(Nc2cc3[nH]c(=O)[nH]c3cc2Br)CC1. The predicted molar refractivity (Wildman–Crippen MR) is 90.9 cm³/mol. The molecule has 4 nitrogen and oxygen atoms in total. The predicted octanol–water partition coefficient (Wildman–Crippen LogP) is 4.39. The summed E-state index contributed by atoms with van der Waals surface area (Å²) in [5, 5.41) is 3.65. The molecule has 1 aromatic carbocycles. The Labute approximate surface area is 132 Å². The molecular weight excluding hydrogens is 330 g/mol. The third-order valence-electron chi connectivity index (χ3n) is 4.54. The lowest BCUT2D eigenvalue weighted by atomic mass is 9.85. The molecule has 5 heteroatoms. The van der Waals surface area contributed by atoms with Crippen molar-refractivity contribution in [1.29, 1.82) is 0 Å². The van der Waals surface area contributed by atoms with E-state index < -0.39 is 0 Å². The van der Waals surface area contributed by atoms with Crippen LogP contribution in [-0.4, -0.2) is 16.0 Å². The minimum Gasteiger partial charge on any atom is -0.381 e. The second-order valence-electron chi connectivity index (χ2n) is 6.89. The van der Waals surface area contributed by atoms with Crippen LogP contribution in [0.15, 0.2) is 21.4 Å². The van der Waals surface area contributed by atoms with Crippen LogP contribution in [0.2, 0.25) is 0 Å². The van der Waals surface area contributed by atoms with E-state index in [9.17, 15) is 4.79 Å². The highest BCUT2D eigenvalue weighted by Gasteiger charge is 2.24. The van der Waals surface area contributed by atoms with E-state index in [0.717, 1.165) is 21.2 Å². The van der Waals surface area contributed by atoms with Crippen LogP contribution in [0.4, 0.5) is 5.69 Å². The molecule has 3 rings (SSSR count). The fraction of sp³-hybridized carbons (Fsp3) is 0.562. The summed E-state index contributed by atoms with van der Waals surface area (Å²) in [6.07, 6.45) is 6.23. The highest BCUT2D eigenvalue weighted by Crippen LogP contribution is 2.35. The molecule has 21 heavy (non-hydrogen) atoms. The molecule has 1 fully saturated rings. The van der Waals surface area contributed by atoms with E-state index in [0.29, 0.717) is 11.5 Å². The zero-order chi connectivity index (χ0) is 15.0. The Hall–Kier alpha value is -1.23. The average molecular weight is 352 g/mol. The van der Waals surface area contributed by atoms with Gasteiger partial charge in [-0.2, -0.15) is 0 Å². The number of fused-ring (bicyclic) bond motifs is 1. The smallest absolute Gasteiger partial charge is 0.323 e. The molecule has 3 N–H and O–H groups in total. The molecule has 1 aliphatic carbocycles. The van der Waals surface area contributed by atoms with Gasteiger partial charge in [0.1, 0.15) is 0 Å². The molecule has 2 aromatic rings. The number of anilines is 1. The fourth-order valence-electron chi connectivity index (χ4n) is 3.19. The van der Waals surface area contributed by atoms with Crippen LogP contribution in [-0.2, 0) is 0 Å². The van der Waals surface area contributed by atoms with Gasteiger partial charge in [-0.3, -0.25) is 0 Å². The summed E-state index contributed by atoms with van der Waals surface area (Å²) in [4.78, 5) is 17.0. The van der Waals surface area contributed by atoms with E-state index >= 15 is 0 Å². The number of nitrogens with one attached hydrogen (secondary N) is 3. The number of aromatic amines is 2. The lowest BCUT2D eigenvalue weighted by Crippen LogP contribution is -2.19. The molecule has 1 unspecified atom stereocenters. The Morgan fingerprint density at radius 3 is 2.67 bits per heavy atom. The number of halogens is 1. The minimum atomic E-state index is -0.162. The number of hydrogen-bond acceptors (Lipinski definition) is 2. The van der Waals surface area contributed by atoms with Crippen molar-refractivity contribution in [1.82, 2.24) is 9.97 Å². The van der Waals surface area contributed by atoms with Crippen LogP contribution >= 0.6 is 15.9 Å². The molecule has 0 bridgehead atoms. The quantitative estimate of drug-likeness (QED) is 0.702. The summed E-state index contributed by atoms with van der Waals surface area (Å²) >= 11 is 3.60. The Balaban J connectivity index is 1.81. The van der Waals surface area contributed by atoms with Gasteiger partial charge in [-0.1, -0.05) is 20.3 Å². The summed E-state index contributed by atoms with van der Waals surface area (Å²) in [5.41, 5.74) is 3.04. The molecule has 1 atom stereocenters. The van der Waals surface area contributed by atoms with Crippen LogP contribution in [0, 0.1) is 5.41 Å². The first-order chi connectivity index (χ1) is 9.93. The molecule has 1 saturated carbocycles. The van der Waals surface area contributed by atoms with Crippen LogP contribution in [0.3, 0.4) is 0 Å². The Morgan fingerprint density at radius 1 is 1.19 bits per heavy atom. The van der Waals surface area contributed by atoms with Crippen LogP contribution in [0.5, 0.6) is 0 Å². The maximum absolute atomic E-state index is 11.4. The van der Waals surface area contributed by atoms with Gasteiger partial charge in [0.25, 0.3) is 0 Å². The standard InChI is InChI=1S/C16H22BrN3O/c1-16(2)6-3-4-10(5-7-16)18-12-9-14-13(8-11(12)17)19-15(21)20-14/h8-10,18H,3-7H2,1-2H3,(H2,19,20,21). The highest BCUT2D eigenvalue weighted by atomic mass is 79.9. The Bertz CT molecular complexity index is 701. The second-order valence-corrected chi connectivity index (χ2v) is 7.75. The molecule has 0 saturated heterocycles. The highest BCUT2D eigenvalue weighted by molar-refractivity contribution is 9.10. The van der Waals surface area contributed by atoms with E-state index in [1.54, 1.807) is 0 Å². The maximum Gasteiger partial charge on any atom is 0.323 e. The zero-order valence-corrected chi connectivity index (χ0v) is 14.1. The summed E-state index contributed by atoms with van der Waals surface area (Å²) in [5.74, 6) is 0. The molecule has 1 aliphatic rings. The van der Waals surface area contributed by atoms with Gasteiger partial charge in [0.2, 0.25) is 0 Å². The van der Waals surface area contributed by atoms with E-state index in [1.807, 2.05) is 12.1 Å². The molecule has 0 amide bonds. The van der Waals surface area contributed by atoms with Gasteiger partial charge in [0.05, 0.1) is 16.7 Å². The lowest BCUT2D eigenvalue weighted by molar-refractivity contribution is 0.313.